The molecular formula is C14H22FNO. The van der Waals surface area contributed by atoms with Crippen LogP contribution in [0.3, 0.4) is 0 Å². The molecule has 0 heterocycles. The summed E-state index contributed by atoms with van der Waals surface area (Å²) in [5.74, 6) is 0.0118. The Balaban J connectivity index is 2.80. The van der Waals surface area contributed by atoms with Crippen molar-refractivity contribution in [3.05, 3.63) is 29.6 Å². The van der Waals surface area contributed by atoms with Crippen LogP contribution in [0.1, 0.15) is 32.8 Å². The third-order valence-corrected chi connectivity index (χ3v) is 3.11. The molecule has 17 heavy (non-hydrogen) atoms. The fraction of sp³-hybridized carbons (Fsp3) is 0.571. The molecule has 0 amide bonds. The Hall–Kier alpha value is -1.09. The van der Waals surface area contributed by atoms with Crippen molar-refractivity contribution < 1.29 is 9.13 Å². The summed E-state index contributed by atoms with van der Waals surface area (Å²) >= 11 is 0. The summed E-state index contributed by atoms with van der Waals surface area (Å²) in [5.41, 5.74) is 0.976. The van der Waals surface area contributed by atoms with Gasteiger partial charge in [-0.25, -0.2) is 4.39 Å². The summed E-state index contributed by atoms with van der Waals surface area (Å²) in [5, 5.41) is 3.29. The van der Waals surface area contributed by atoms with Gasteiger partial charge in [0.25, 0.3) is 0 Å². The normalized spacial score (nSPS) is 11.6. The summed E-state index contributed by atoms with van der Waals surface area (Å²) < 4.78 is 18.6. The van der Waals surface area contributed by atoms with Crippen LogP contribution in [-0.2, 0) is 5.41 Å². The standard InChI is InChI=1S/C14H22FNO/c1-5-16-9-8-14(2,3)11-6-7-13(17-4)12(15)10-11/h6-7,10,16H,5,8-9H2,1-4H3. The van der Waals surface area contributed by atoms with E-state index in [4.69, 9.17) is 4.74 Å². The van der Waals surface area contributed by atoms with E-state index in [2.05, 4.69) is 26.1 Å². The number of nitrogens with one attached hydrogen (secondary N) is 1. The van der Waals surface area contributed by atoms with Crippen LogP contribution in [0.15, 0.2) is 18.2 Å². The van der Waals surface area contributed by atoms with Crippen molar-refractivity contribution in [3.63, 3.8) is 0 Å². The van der Waals surface area contributed by atoms with Crippen LogP contribution in [0.5, 0.6) is 5.75 Å². The molecule has 1 rings (SSSR count). The Bertz CT molecular complexity index is 363. The average Bonchev–Trinajstić information content (AvgIpc) is 2.29. The van der Waals surface area contributed by atoms with Crippen molar-refractivity contribution in [2.75, 3.05) is 20.2 Å². The second-order valence-electron chi connectivity index (χ2n) is 4.84. The van der Waals surface area contributed by atoms with Crippen molar-refractivity contribution in [3.8, 4) is 5.75 Å². The molecule has 96 valence electrons. The van der Waals surface area contributed by atoms with Crippen LogP contribution < -0.4 is 10.1 Å². The Morgan fingerprint density at radius 1 is 1.35 bits per heavy atom. The molecule has 0 fully saturated rings. The van der Waals surface area contributed by atoms with Gasteiger partial charge in [0.05, 0.1) is 7.11 Å². The fourth-order valence-corrected chi connectivity index (χ4v) is 1.81. The fourth-order valence-electron chi connectivity index (χ4n) is 1.81. The van der Waals surface area contributed by atoms with Crippen LogP contribution >= 0.6 is 0 Å². The van der Waals surface area contributed by atoms with Gasteiger partial charge in [0.2, 0.25) is 0 Å². The third kappa shape index (κ3) is 3.70. The number of ether oxygens (including phenoxy) is 1. The van der Waals surface area contributed by atoms with Gasteiger partial charge in [0, 0.05) is 0 Å². The van der Waals surface area contributed by atoms with Gasteiger partial charge in [-0.2, -0.15) is 0 Å². The predicted octanol–water partition coefficient (Wildman–Crippen LogP) is 3.11. The predicted molar refractivity (Wildman–Crippen MR) is 69.1 cm³/mol. The van der Waals surface area contributed by atoms with Crippen LogP contribution in [0.2, 0.25) is 0 Å². The summed E-state index contributed by atoms with van der Waals surface area (Å²) in [4.78, 5) is 0. The van der Waals surface area contributed by atoms with Gasteiger partial charge in [0.15, 0.2) is 11.6 Å². The van der Waals surface area contributed by atoms with Gasteiger partial charge < -0.3 is 10.1 Å². The molecule has 0 spiro atoms. The molecule has 0 saturated heterocycles. The van der Waals surface area contributed by atoms with Crippen molar-refractivity contribution in [1.82, 2.24) is 5.32 Å². The Morgan fingerprint density at radius 2 is 2.06 bits per heavy atom. The highest BCUT2D eigenvalue weighted by atomic mass is 19.1. The number of halogens is 1. The first-order valence-electron chi connectivity index (χ1n) is 6.06. The second-order valence-corrected chi connectivity index (χ2v) is 4.84. The van der Waals surface area contributed by atoms with E-state index in [0.717, 1.165) is 25.1 Å². The molecule has 0 bridgehead atoms. The summed E-state index contributed by atoms with van der Waals surface area (Å²) in [6.07, 6.45) is 0.979. The highest BCUT2D eigenvalue weighted by Crippen LogP contribution is 2.29. The average molecular weight is 239 g/mol. The van der Waals surface area contributed by atoms with Crippen LogP contribution in [0.25, 0.3) is 0 Å². The lowest BCUT2D eigenvalue weighted by Gasteiger charge is -2.25. The summed E-state index contributed by atoms with van der Waals surface area (Å²) in [6, 6.07) is 5.21. The zero-order chi connectivity index (χ0) is 12.9. The van der Waals surface area contributed by atoms with Gasteiger partial charge in [-0.3, -0.25) is 0 Å². The molecule has 1 aromatic rings. The lowest BCUT2D eigenvalue weighted by Crippen LogP contribution is -2.25. The van der Waals surface area contributed by atoms with Gasteiger partial charge in [-0.1, -0.05) is 26.8 Å². The SMILES string of the molecule is CCNCCC(C)(C)c1ccc(OC)c(F)c1. The van der Waals surface area contributed by atoms with Crippen molar-refractivity contribution >= 4 is 0 Å². The first kappa shape index (κ1) is 14.0. The molecule has 1 aromatic carbocycles. The van der Waals surface area contributed by atoms with Crippen molar-refractivity contribution in [2.45, 2.75) is 32.6 Å². The van der Waals surface area contributed by atoms with Gasteiger partial charge >= 0.3 is 0 Å². The number of rotatable bonds is 6. The maximum Gasteiger partial charge on any atom is 0.165 e. The molecule has 0 aliphatic rings. The molecule has 0 radical (unpaired) electrons. The largest absolute Gasteiger partial charge is 0.494 e. The van der Waals surface area contributed by atoms with Gasteiger partial charge in [-0.15, -0.1) is 0 Å². The molecule has 0 unspecified atom stereocenters. The van der Waals surface area contributed by atoms with E-state index in [1.54, 1.807) is 12.1 Å². The Kier molecular flexibility index (Phi) is 4.94. The minimum absolute atomic E-state index is 0.0325. The molecule has 0 atom stereocenters. The topological polar surface area (TPSA) is 21.3 Å². The number of hydrogen-bond donors (Lipinski definition) is 1. The third-order valence-electron chi connectivity index (χ3n) is 3.11. The van der Waals surface area contributed by atoms with E-state index < -0.39 is 0 Å². The minimum Gasteiger partial charge on any atom is -0.494 e. The zero-order valence-electron chi connectivity index (χ0n) is 11.1. The van der Waals surface area contributed by atoms with E-state index in [9.17, 15) is 4.39 Å². The second kappa shape index (κ2) is 6.01. The Morgan fingerprint density at radius 3 is 2.59 bits per heavy atom. The zero-order valence-corrected chi connectivity index (χ0v) is 11.1. The van der Waals surface area contributed by atoms with Crippen LogP contribution in [-0.4, -0.2) is 20.2 Å². The van der Waals surface area contributed by atoms with Gasteiger partial charge in [-0.05, 0) is 42.6 Å². The van der Waals surface area contributed by atoms with E-state index in [1.807, 2.05) is 6.07 Å². The van der Waals surface area contributed by atoms with Crippen LogP contribution in [0, 0.1) is 5.82 Å². The molecule has 3 heteroatoms. The minimum atomic E-state index is -0.290. The van der Waals surface area contributed by atoms with Crippen molar-refractivity contribution in [2.24, 2.45) is 0 Å². The quantitative estimate of drug-likeness (QED) is 0.770. The van der Waals surface area contributed by atoms with Crippen LogP contribution in [0.4, 0.5) is 4.39 Å². The molecule has 0 aliphatic carbocycles. The molecular weight excluding hydrogens is 217 g/mol. The lowest BCUT2D eigenvalue weighted by molar-refractivity contribution is 0.383. The molecule has 0 aliphatic heterocycles. The molecule has 0 aromatic heterocycles. The molecule has 0 saturated carbocycles. The maximum atomic E-state index is 13.6. The monoisotopic (exact) mass is 239 g/mol. The maximum absolute atomic E-state index is 13.6. The van der Waals surface area contributed by atoms with E-state index in [1.165, 1.54) is 7.11 Å². The molecule has 1 N–H and O–H groups in total. The lowest BCUT2D eigenvalue weighted by atomic mass is 9.81. The Labute approximate surface area is 103 Å². The first-order chi connectivity index (χ1) is 8.01. The van der Waals surface area contributed by atoms with E-state index >= 15 is 0 Å². The summed E-state index contributed by atoms with van der Waals surface area (Å²) in [6.45, 7) is 8.25. The first-order valence-corrected chi connectivity index (χ1v) is 6.06. The van der Waals surface area contributed by atoms with E-state index in [0.29, 0.717) is 5.75 Å². The van der Waals surface area contributed by atoms with Gasteiger partial charge in [0.1, 0.15) is 0 Å². The smallest absolute Gasteiger partial charge is 0.165 e. The highest BCUT2D eigenvalue weighted by molar-refractivity contribution is 5.33. The highest BCUT2D eigenvalue weighted by Gasteiger charge is 2.21. The molecule has 2 nitrogen and oxygen atoms in total. The number of benzene rings is 1. The summed E-state index contributed by atoms with van der Waals surface area (Å²) in [7, 11) is 1.48. The number of methoxy groups -OCH3 is 1. The van der Waals surface area contributed by atoms with Crippen molar-refractivity contribution in [1.29, 1.82) is 0 Å². The van der Waals surface area contributed by atoms with E-state index in [-0.39, 0.29) is 11.2 Å². The number of hydrogen-bond acceptors (Lipinski definition) is 2.